The lowest BCUT2D eigenvalue weighted by Gasteiger charge is -2.43. The molecule has 5 rings (SSSR count). The van der Waals surface area contributed by atoms with Crippen molar-refractivity contribution >= 4 is 39.6 Å². The van der Waals surface area contributed by atoms with Gasteiger partial charge in [-0.05, 0) is 45.8 Å². The fraction of sp³-hybridized carbons (Fsp3) is 0.548. The Hall–Kier alpha value is -3.02. The zero-order valence-corrected chi connectivity index (χ0v) is 25.9. The fourth-order valence-corrected chi connectivity index (χ4v) is 7.33. The van der Waals surface area contributed by atoms with Gasteiger partial charge < -0.3 is 29.7 Å². The highest BCUT2D eigenvalue weighted by Gasteiger charge is 2.75. The maximum Gasteiger partial charge on any atom is 0.313 e. The molecule has 1 spiro atoms. The van der Waals surface area contributed by atoms with Gasteiger partial charge in [0, 0.05) is 23.0 Å². The molecule has 5 bridgehead atoms. The van der Waals surface area contributed by atoms with Gasteiger partial charge in [0.25, 0.3) is 0 Å². The van der Waals surface area contributed by atoms with E-state index in [1.165, 1.54) is 4.90 Å². The molecule has 42 heavy (non-hydrogen) atoms. The molecular weight excluding hydrogens is 606 g/mol. The van der Waals surface area contributed by atoms with Gasteiger partial charge >= 0.3 is 5.97 Å². The highest BCUT2D eigenvalue weighted by atomic mass is 79.9. The van der Waals surface area contributed by atoms with Crippen molar-refractivity contribution in [1.82, 2.24) is 15.1 Å². The van der Waals surface area contributed by atoms with Gasteiger partial charge in [-0.3, -0.25) is 19.2 Å². The summed E-state index contributed by atoms with van der Waals surface area (Å²) in [4.78, 5) is 58.5. The number of benzene rings is 1. The maximum atomic E-state index is 14.8. The predicted molar refractivity (Wildman–Crippen MR) is 157 cm³/mol. The number of ether oxygens (including phenoxy) is 2. The van der Waals surface area contributed by atoms with Crippen molar-refractivity contribution in [3.05, 3.63) is 58.6 Å². The van der Waals surface area contributed by atoms with Crippen LogP contribution in [-0.2, 0) is 28.7 Å². The molecule has 0 radical (unpaired) electrons. The number of nitrogens with one attached hydrogen (secondary N) is 1. The van der Waals surface area contributed by atoms with Crippen molar-refractivity contribution in [2.24, 2.45) is 11.8 Å². The fourth-order valence-electron chi connectivity index (χ4n) is 6.59. The van der Waals surface area contributed by atoms with Crippen molar-refractivity contribution in [2.45, 2.75) is 76.0 Å². The van der Waals surface area contributed by atoms with Gasteiger partial charge in [-0.25, -0.2) is 0 Å². The normalized spacial score (nSPS) is 33.7. The molecule has 0 aliphatic carbocycles. The van der Waals surface area contributed by atoms with Crippen molar-refractivity contribution in [3.8, 4) is 0 Å². The Kier molecular flexibility index (Phi) is 8.39. The molecule has 2 N–H and O–H groups in total. The largest absolute Gasteiger partial charge is 0.460 e. The Morgan fingerprint density at radius 3 is 2.50 bits per heavy atom. The van der Waals surface area contributed by atoms with Gasteiger partial charge in [0.2, 0.25) is 17.7 Å². The van der Waals surface area contributed by atoms with Crippen LogP contribution in [0.3, 0.4) is 0 Å². The second kappa shape index (κ2) is 11.6. The minimum Gasteiger partial charge on any atom is -0.460 e. The summed E-state index contributed by atoms with van der Waals surface area (Å²) >= 11 is 3.55. The molecule has 3 amide bonds. The minimum absolute atomic E-state index is 0.124. The number of aliphatic hydroxyl groups is 1. The summed E-state index contributed by atoms with van der Waals surface area (Å²) in [6.45, 7) is 7.32. The molecule has 2 saturated heterocycles. The molecule has 0 aromatic heterocycles. The summed E-state index contributed by atoms with van der Waals surface area (Å²) < 4.78 is 12.8. The number of amides is 3. The number of likely N-dealkylation sites (tertiary alicyclic amines) is 1. The zero-order chi connectivity index (χ0) is 30.4. The van der Waals surface area contributed by atoms with Crippen molar-refractivity contribution in [1.29, 1.82) is 0 Å². The molecule has 4 aliphatic heterocycles. The van der Waals surface area contributed by atoms with Crippen LogP contribution in [0.4, 0.5) is 0 Å². The van der Waals surface area contributed by atoms with Crippen LogP contribution in [0.25, 0.3) is 0 Å². The number of carbonyl (C=O) groups excluding carboxylic acids is 4. The number of allylic oxidation sites excluding steroid dienone is 1. The van der Waals surface area contributed by atoms with E-state index in [0.717, 1.165) is 0 Å². The average molecular weight is 645 g/mol. The highest BCUT2D eigenvalue weighted by Crippen LogP contribution is 2.60. The number of rotatable bonds is 3. The van der Waals surface area contributed by atoms with Crippen LogP contribution in [0.5, 0.6) is 0 Å². The smallest absolute Gasteiger partial charge is 0.313 e. The lowest BCUT2D eigenvalue weighted by Crippen LogP contribution is -2.60. The minimum atomic E-state index is -1.46. The summed E-state index contributed by atoms with van der Waals surface area (Å²) in [5, 5.41) is 13.5. The molecular formula is C31H38BrN3O7. The quantitative estimate of drug-likeness (QED) is 0.383. The van der Waals surface area contributed by atoms with Gasteiger partial charge in [0.1, 0.15) is 29.8 Å². The first kappa shape index (κ1) is 30.4. The van der Waals surface area contributed by atoms with E-state index in [4.69, 9.17) is 9.47 Å². The number of carbonyl (C=O) groups is 4. The molecule has 11 heteroatoms. The van der Waals surface area contributed by atoms with Gasteiger partial charge in [-0.2, -0.15) is 0 Å². The van der Waals surface area contributed by atoms with Crippen LogP contribution in [0.1, 0.15) is 52.1 Å². The average Bonchev–Trinajstić information content (AvgIpc) is 3.52. The number of hydrogen-bond acceptors (Lipinski definition) is 7. The third-order valence-corrected chi connectivity index (χ3v) is 9.22. The molecule has 4 heterocycles. The first-order valence-corrected chi connectivity index (χ1v) is 15.2. The Labute approximate surface area is 254 Å². The highest BCUT2D eigenvalue weighted by molar-refractivity contribution is 9.11. The number of hydrogen-bond donors (Lipinski definition) is 2. The molecule has 0 saturated carbocycles. The van der Waals surface area contributed by atoms with Crippen LogP contribution in [-0.4, -0.2) is 87.7 Å². The second-order valence-electron chi connectivity index (χ2n) is 12.4. The van der Waals surface area contributed by atoms with Crippen LogP contribution < -0.4 is 5.32 Å². The molecule has 4 aliphatic rings. The van der Waals surface area contributed by atoms with E-state index in [9.17, 15) is 24.3 Å². The molecule has 1 aromatic rings. The van der Waals surface area contributed by atoms with E-state index in [2.05, 4.69) is 21.2 Å². The second-order valence-corrected chi connectivity index (χ2v) is 13.3. The number of cyclic esters (lactones) is 1. The number of esters is 1. The number of nitrogens with zero attached hydrogens (tertiary/aromatic N) is 2. The van der Waals surface area contributed by atoms with E-state index in [1.807, 2.05) is 51.1 Å². The van der Waals surface area contributed by atoms with E-state index < -0.39 is 65.8 Å². The first-order chi connectivity index (χ1) is 19.9. The van der Waals surface area contributed by atoms with Crippen molar-refractivity contribution in [2.75, 3.05) is 19.7 Å². The molecule has 226 valence electrons. The Balaban J connectivity index is 1.67. The monoisotopic (exact) mass is 643 g/mol. The Bertz CT molecular complexity index is 1310. The van der Waals surface area contributed by atoms with E-state index in [0.29, 0.717) is 16.5 Å². The number of aliphatic hydroxyl groups excluding tert-OH is 1. The molecule has 0 unspecified atom stereocenters. The number of fused-ring (bicyclic) bond motifs is 2. The third-order valence-electron chi connectivity index (χ3n) is 8.54. The van der Waals surface area contributed by atoms with Gasteiger partial charge in [-0.15, -0.1) is 0 Å². The molecule has 10 nitrogen and oxygen atoms in total. The molecule has 7 atom stereocenters. The van der Waals surface area contributed by atoms with Crippen LogP contribution in [0.2, 0.25) is 0 Å². The van der Waals surface area contributed by atoms with Crippen LogP contribution in [0.15, 0.2) is 53.0 Å². The van der Waals surface area contributed by atoms with Gasteiger partial charge in [0.05, 0.1) is 25.1 Å². The van der Waals surface area contributed by atoms with Crippen molar-refractivity contribution in [3.63, 3.8) is 0 Å². The van der Waals surface area contributed by atoms with Crippen molar-refractivity contribution < 1.29 is 33.8 Å². The lowest BCUT2D eigenvalue weighted by atomic mass is 9.74. The van der Waals surface area contributed by atoms with Gasteiger partial charge in [-0.1, -0.05) is 58.4 Å². The third kappa shape index (κ3) is 5.20. The summed E-state index contributed by atoms with van der Waals surface area (Å²) in [5.74, 6) is -3.70. The standard InChI is InChI=1S/C31H38BrN3O7/c1-18-16-33-22(37)13-9-6-10-14-34(30(2,3)4)28(39)26-31-15-20(32)25(42-31)23(29(40)41-18)24(31)27(38)35(26)21(17-36)19-11-7-5-8-12-19/h5-8,10-12,15,18,21,23-26,36H,9,13-14,16-17H2,1-4H3,(H,33,37)/b10-6-/t18-,21-,23+,24-,25+,26+,31-/m1/s1. The SMILES string of the molecule is C[C@@H]1CNC(=O)CC/C=C\CN(C(C)(C)C)C(=O)[C@@H]2N([C@H](CO)c3ccccc3)C(=O)[C@H]3[C@H](C(=O)O1)[C@H]1O[C@@]23C=C1Br. The van der Waals surface area contributed by atoms with Crippen LogP contribution >= 0.6 is 15.9 Å². The Morgan fingerprint density at radius 1 is 1.12 bits per heavy atom. The predicted octanol–water partition coefficient (Wildman–Crippen LogP) is 2.62. The topological polar surface area (TPSA) is 125 Å². The lowest BCUT2D eigenvalue weighted by molar-refractivity contribution is -0.160. The Morgan fingerprint density at radius 2 is 1.83 bits per heavy atom. The molecule has 1 aromatic carbocycles. The van der Waals surface area contributed by atoms with Gasteiger partial charge in [0.15, 0.2) is 0 Å². The summed E-state index contributed by atoms with van der Waals surface area (Å²) in [6, 6.07) is 7.05. The van der Waals surface area contributed by atoms with E-state index in [-0.39, 0.29) is 31.3 Å². The number of halogens is 1. The van der Waals surface area contributed by atoms with E-state index in [1.54, 1.807) is 30.0 Å². The summed E-state index contributed by atoms with van der Waals surface area (Å²) in [5.41, 5.74) is -1.45. The first-order valence-electron chi connectivity index (χ1n) is 14.4. The maximum absolute atomic E-state index is 14.8. The van der Waals surface area contributed by atoms with Crippen LogP contribution in [0, 0.1) is 11.8 Å². The summed E-state index contributed by atoms with van der Waals surface area (Å²) in [6.07, 6.45) is 4.72. The molecule has 2 fully saturated rings. The summed E-state index contributed by atoms with van der Waals surface area (Å²) in [7, 11) is 0. The van der Waals surface area contributed by atoms with E-state index >= 15 is 0 Å². The zero-order valence-electron chi connectivity index (χ0n) is 24.3.